The van der Waals surface area contributed by atoms with Crippen LogP contribution in [0.1, 0.15) is 284 Å². The third kappa shape index (κ3) is 48.7. The minimum absolute atomic E-state index is 0.0792. The molecule has 0 aromatic heterocycles. The molecule has 0 aliphatic carbocycles. The van der Waals surface area contributed by atoms with Gasteiger partial charge in [-0.05, 0) is 70.6 Å². The van der Waals surface area contributed by atoms with Gasteiger partial charge in [0.25, 0.3) is 0 Å². The average Bonchev–Trinajstić information content (AvgIpc) is 3.27. The molecule has 0 bridgehead atoms. The Labute approximate surface area is 385 Å². The fourth-order valence-corrected chi connectivity index (χ4v) is 7.78. The van der Waals surface area contributed by atoms with Gasteiger partial charge in [0.05, 0.1) is 0 Å². The number of allylic oxidation sites excluding steroid dienone is 6. The second kappa shape index (κ2) is 51.3. The van der Waals surface area contributed by atoms with Crippen LogP contribution in [-0.2, 0) is 28.6 Å². The first-order chi connectivity index (χ1) is 30.5. The minimum Gasteiger partial charge on any atom is -0.462 e. The molecule has 0 aliphatic rings. The lowest BCUT2D eigenvalue weighted by atomic mass is 10.0. The fourth-order valence-electron chi connectivity index (χ4n) is 7.78. The molecule has 0 saturated carbocycles. The number of rotatable bonds is 49. The molecular weight excluding hydrogens is 769 g/mol. The van der Waals surface area contributed by atoms with Gasteiger partial charge in [0.1, 0.15) is 13.2 Å². The average molecular weight is 871 g/mol. The topological polar surface area (TPSA) is 78.9 Å². The maximum atomic E-state index is 12.8. The monoisotopic (exact) mass is 871 g/mol. The third-order valence-corrected chi connectivity index (χ3v) is 11.9. The Kier molecular flexibility index (Phi) is 49.3. The molecule has 0 fully saturated rings. The summed E-state index contributed by atoms with van der Waals surface area (Å²) in [5, 5.41) is 0. The SMILES string of the molecule is CCCCCC/C=C\CCCCCCCCCC(=O)OC(COC(=O)CCCCC/C=C\C=C/CCCCCCCCC)COC(=O)CCCCCCCCCCCCCCC. The van der Waals surface area contributed by atoms with Gasteiger partial charge in [-0.2, -0.15) is 0 Å². The van der Waals surface area contributed by atoms with E-state index in [1.165, 1.54) is 173 Å². The molecule has 0 radical (unpaired) electrons. The van der Waals surface area contributed by atoms with E-state index >= 15 is 0 Å². The predicted molar refractivity (Wildman–Crippen MR) is 266 cm³/mol. The lowest BCUT2D eigenvalue weighted by Gasteiger charge is -2.18. The summed E-state index contributed by atoms with van der Waals surface area (Å²) in [6, 6.07) is 0. The molecule has 6 heteroatoms. The van der Waals surface area contributed by atoms with E-state index in [-0.39, 0.29) is 31.1 Å². The molecular formula is C56H102O6. The number of hydrogen-bond acceptors (Lipinski definition) is 6. The number of carbonyl (C=O) groups is 3. The summed E-state index contributed by atoms with van der Waals surface area (Å²) in [6.07, 6.45) is 59.8. The Morgan fingerprint density at radius 2 is 0.581 bits per heavy atom. The highest BCUT2D eigenvalue weighted by atomic mass is 16.6. The Morgan fingerprint density at radius 1 is 0.323 bits per heavy atom. The number of esters is 3. The van der Waals surface area contributed by atoms with Crippen LogP contribution in [0, 0.1) is 0 Å². The lowest BCUT2D eigenvalue weighted by molar-refractivity contribution is -0.167. The van der Waals surface area contributed by atoms with Crippen LogP contribution in [0.15, 0.2) is 36.5 Å². The molecule has 6 nitrogen and oxygen atoms in total. The maximum absolute atomic E-state index is 12.8. The zero-order valence-electron chi connectivity index (χ0n) is 41.4. The molecule has 0 aliphatic heterocycles. The summed E-state index contributed by atoms with van der Waals surface area (Å²) >= 11 is 0. The largest absolute Gasteiger partial charge is 0.462 e. The zero-order chi connectivity index (χ0) is 45.1. The van der Waals surface area contributed by atoms with E-state index in [4.69, 9.17) is 14.2 Å². The molecule has 0 saturated heterocycles. The van der Waals surface area contributed by atoms with Gasteiger partial charge in [0, 0.05) is 19.3 Å². The van der Waals surface area contributed by atoms with Crippen molar-refractivity contribution in [2.24, 2.45) is 0 Å². The number of unbranched alkanes of at least 4 members (excludes halogenated alkanes) is 33. The van der Waals surface area contributed by atoms with Crippen LogP contribution in [0.5, 0.6) is 0 Å². The first-order valence-electron chi connectivity index (χ1n) is 27.0. The van der Waals surface area contributed by atoms with Crippen LogP contribution >= 0.6 is 0 Å². The molecule has 0 amide bonds. The molecule has 0 spiro atoms. The second-order valence-corrected chi connectivity index (χ2v) is 18.2. The van der Waals surface area contributed by atoms with Crippen molar-refractivity contribution < 1.29 is 28.6 Å². The van der Waals surface area contributed by atoms with Crippen LogP contribution in [0.2, 0.25) is 0 Å². The number of ether oxygens (including phenoxy) is 3. The molecule has 0 heterocycles. The molecule has 1 atom stereocenters. The Bertz CT molecular complexity index is 1050. The van der Waals surface area contributed by atoms with Gasteiger partial charge in [-0.3, -0.25) is 14.4 Å². The van der Waals surface area contributed by atoms with Crippen LogP contribution in [-0.4, -0.2) is 37.2 Å². The molecule has 62 heavy (non-hydrogen) atoms. The molecule has 0 N–H and O–H groups in total. The Balaban J connectivity index is 4.40. The van der Waals surface area contributed by atoms with E-state index in [0.29, 0.717) is 19.3 Å². The Morgan fingerprint density at radius 3 is 0.935 bits per heavy atom. The van der Waals surface area contributed by atoms with E-state index in [0.717, 1.165) is 70.6 Å². The van der Waals surface area contributed by atoms with Crippen molar-refractivity contribution in [3.63, 3.8) is 0 Å². The van der Waals surface area contributed by atoms with Gasteiger partial charge in [0.15, 0.2) is 6.10 Å². The first kappa shape index (κ1) is 59.6. The van der Waals surface area contributed by atoms with Gasteiger partial charge in [-0.15, -0.1) is 0 Å². The van der Waals surface area contributed by atoms with E-state index in [1.54, 1.807) is 0 Å². The highest BCUT2D eigenvalue weighted by Crippen LogP contribution is 2.15. The zero-order valence-corrected chi connectivity index (χ0v) is 41.4. The summed E-state index contributed by atoms with van der Waals surface area (Å²) in [6.45, 7) is 6.62. The smallest absolute Gasteiger partial charge is 0.306 e. The van der Waals surface area contributed by atoms with Crippen LogP contribution in [0.4, 0.5) is 0 Å². The quantitative estimate of drug-likeness (QED) is 0.0199. The van der Waals surface area contributed by atoms with E-state index < -0.39 is 6.10 Å². The molecule has 0 aromatic rings. The molecule has 1 unspecified atom stereocenters. The van der Waals surface area contributed by atoms with Gasteiger partial charge in [-0.25, -0.2) is 0 Å². The summed E-state index contributed by atoms with van der Waals surface area (Å²) in [4.78, 5) is 38.0. The van der Waals surface area contributed by atoms with Gasteiger partial charge in [-0.1, -0.05) is 231 Å². The normalized spacial score (nSPS) is 12.2. The van der Waals surface area contributed by atoms with Crippen LogP contribution < -0.4 is 0 Å². The lowest BCUT2D eigenvalue weighted by Crippen LogP contribution is -2.30. The van der Waals surface area contributed by atoms with E-state index in [2.05, 4.69) is 57.2 Å². The maximum Gasteiger partial charge on any atom is 0.306 e. The highest BCUT2D eigenvalue weighted by molar-refractivity contribution is 5.71. The summed E-state index contributed by atoms with van der Waals surface area (Å²) in [5.74, 6) is -0.899. The van der Waals surface area contributed by atoms with Crippen molar-refractivity contribution in [3.05, 3.63) is 36.5 Å². The van der Waals surface area contributed by atoms with Gasteiger partial charge >= 0.3 is 17.9 Å². The van der Waals surface area contributed by atoms with Crippen molar-refractivity contribution in [3.8, 4) is 0 Å². The molecule has 0 rings (SSSR count). The van der Waals surface area contributed by atoms with E-state index in [1.807, 2.05) is 0 Å². The highest BCUT2D eigenvalue weighted by Gasteiger charge is 2.19. The van der Waals surface area contributed by atoms with Crippen molar-refractivity contribution in [1.29, 1.82) is 0 Å². The van der Waals surface area contributed by atoms with Crippen molar-refractivity contribution in [2.45, 2.75) is 290 Å². The standard InChI is InChI=1S/C56H102O6/c1-4-7-10-13-16-19-22-25-27-29-31-34-37-40-43-46-49-55(58)61-52-53(51-60-54(57)48-45-42-39-36-33-30-24-21-18-15-12-9-6-3)62-56(59)50-47-44-41-38-35-32-28-26-23-20-17-14-11-8-5-2/h20,23,27,29,31,34,53H,4-19,21-22,24-26,28,30,32-33,35-52H2,1-3H3/b23-20-,29-27-,34-31-. The molecule has 362 valence electrons. The van der Waals surface area contributed by atoms with Gasteiger partial charge in [0.2, 0.25) is 0 Å². The van der Waals surface area contributed by atoms with Crippen LogP contribution in [0.3, 0.4) is 0 Å². The number of carbonyl (C=O) groups excluding carboxylic acids is 3. The third-order valence-electron chi connectivity index (χ3n) is 11.9. The minimum atomic E-state index is -0.781. The van der Waals surface area contributed by atoms with Crippen molar-refractivity contribution in [1.82, 2.24) is 0 Å². The second-order valence-electron chi connectivity index (χ2n) is 18.2. The summed E-state index contributed by atoms with van der Waals surface area (Å²) in [5.41, 5.74) is 0. The van der Waals surface area contributed by atoms with Gasteiger partial charge < -0.3 is 14.2 Å². The summed E-state index contributed by atoms with van der Waals surface area (Å²) < 4.78 is 16.8. The molecule has 0 aromatic carbocycles. The fraction of sp³-hybridized carbons (Fsp3) is 0.839. The van der Waals surface area contributed by atoms with Crippen molar-refractivity contribution in [2.75, 3.05) is 13.2 Å². The first-order valence-corrected chi connectivity index (χ1v) is 27.0. The van der Waals surface area contributed by atoms with Crippen molar-refractivity contribution >= 4 is 17.9 Å². The predicted octanol–water partition coefficient (Wildman–Crippen LogP) is 17.7. The summed E-state index contributed by atoms with van der Waals surface area (Å²) in [7, 11) is 0. The van der Waals surface area contributed by atoms with E-state index in [9.17, 15) is 14.4 Å². The Hall–Kier alpha value is -2.37. The number of hydrogen-bond donors (Lipinski definition) is 0. The van der Waals surface area contributed by atoms with Crippen LogP contribution in [0.25, 0.3) is 0 Å².